The topological polar surface area (TPSA) is 189 Å². The van der Waals surface area contributed by atoms with Gasteiger partial charge in [0.15, 0.2) is 0 Å². The van der Waals surface area contributed by atoms with Gasteiger partial charge in [0.25, 0.3) is 5.91 Å². The van der Waals surface area contributed by atoms with Crippen LogP contribution >= 0.6 is 11.3 Å². The first-order valence-corrected chi connectivity index (χ1v) is 29.9. The zero-order valence-corrected chi connectivity index (χ0v) is 47.3. The van der Waals surface area contributed by atoms with Gasteiger partial charge in [0.2, 0.25) is 11.8 Å². The minimum Gasteiger partial charge on any atom is -0.464 e. The number of hydrazine groups is 1. The number of amides is 3. The summed E-state index contributed by atoms with van der Waals surface area (Å²) in [4.78, 5) is 76.6. The van der Waals surface area contributed by atoms with Gasteiger partial charge in [-0.3, -0.25) is 39.0 Å². The summed E-state index contributed by atoms with van der Waals surface area (Å²) in [6.07, 6.45) is 3.41. The minimum atomic E-state index is -4.61. The van der Waals surface area contributed by atoms with Crippen molar-refractivity contribution in [2.24, 2.45) is 16.7 Å². The number of pyridine rings is 1. The molecule has 7 fully saturated rings. The number of halogens is 3. The molecule has 3 N–H and O–H groups in total. The first-order valence-electron chi connectivity index (χ1n) is 29.0. The number of esters is 1. The number of fused-ring (bicyclic) bond motifs is 7. The lowest BCUT2D eigenvalue weighted by molar-refractivity contribution is -0.155. The predicted octanol–water partition coefficient (Wildman–Crippen LogP) is 5.72. The third-order valence-corrected chi connectivity index (χ3v) is 19.3. The van der Waals surface area contributed by atoms with Crippen molar-refractivity contribution in [3.05, 3.63) is 52.1 Å². The maximum Gasteiger partial charge on any atom is 0.406 e. The number of aromatic nitrogens is 3. The molecule has 12 rings (SSSR count). The average molecular weight is 1130 g/mol. The van der Waals surface area contributed by atoms with Crippen LogP contribution in [0.5, 0.6) is 0 Å². The number of morpholine rings is 1. The summed E-state index contributed by atoms with van der Waals surface area (Å²) in [7, 11) is 1.56. The van der Waals surface area contributed by atoms with Gasteiger partial charge in [-0.15, -0.1) is 11.3 Å². The summed E-state index contributed by atoms with van der Waals surface area (Å²) in [6.45, 7) is 12.6. The Hall–Kier alpha value is -5.23. The van der Waals surface area contributed by atoms with E-state index >= 15 is 18.0 Å². The van der Waals surface area contributed by atoms with Gasteiger partial charge in [-0.05, 0) is 88.1 Å². The normalized spacial score (nSPS) is 27.8. The third kappa shape index (κ3) is 11.3. The quantitative estimate of drug-likeness (QED) is 0.129. The molecule has 6 saturated heterocycles. The van der Waals surface area contributed by atoms with Crippen LogP contribution in [0.4, 0.5) is 18.9 Å². The highest BCUT2D eigenvalue weighted by Crippen LogP contribution is 2.46. The van der Waals surface area contributed by atoms with E-state index in [2.05, 4.69) is 30.8 Å². The Morgan fingerprint density at radius 2 is 1.82 bits per heavy atom. The second kappa shape index (κ2) is 22.2. The fraction of sp³-hybridized carbons (Fsp3) is 0.655. The van der Waals surface area contributed by atoms with E-state index in [-0.39, 0.29) is 60.6 Å². The number of methoxy groups -OCH3 is 1. The molecule has 8 aliphatic rings. The molecule has 7 atom stereocenters. The number of rotatable bonds is 10. The largest absolute Gasteiger partial charge is 0.464 e. The van der Waals surface area contributed by atoms with Crippen LogP contribution in [0.2, 0.25) is 0 Å². The number of piperazine rings is 1. The van der Waals surface area contributed by atoms with Crippen LogP contribution in [0.1, 0.15) is 94.5 Å². The number of nitrogens with one attached hydrogen (secondary N) is 3. The zero-order chi connectivity index (χ0) is 55.7. The smallest absolute Gasteiger partial charge is 0.406 e. The molecule has 6 bridgehead atoms. The number of likely N-dealkylation sites (tertiary alicyclic amines) is 2. The molecule has 0 unspecified atom stereocenters. The summed E-state index contributed by atoms with van der Waals surface area (Å²) in [5.74, 6) is -0.882. The fourth-order valence-electron chi connectivity index (χ4n) is 14.1. The number of hydrogen-bond donors (Lipinski definition) is 3. The first kappa shape index (κ1) is 55.3. The number of anilines is 1. The molecule has 18 nitrogen and oxygen atoms in total. The fourth-order valence-corrected chi connectivity index (χ4v) is 14.9. The SMILES string of the molecule is CO[C@@H](C)c1ncc(N2CCN3CCOC[C@@H]3C2)cc1-c1c2c3cc(ccc3n1CC(F)(F)F)-c1csc(n1)C[C@H](NC(=O)[C@H](C1CCCC1)N1CC[C@]3(CCN(C(=O)[C@H]4CN4)C3)C1)C(=O)N1CCC[C@H](N1)C(=O)OCC(C)(C)C2. The molecule has 3 amide bonds. The number of nitrogens with zero attached hydrogens (tertiary/aromatic N) is 8. The second-order valence-corrected chi connectivity index (χ2v) is 25.8. The van der Waals surface area contributed by atoms with Crippen molar-refractivity contribution >= 4 is 51.6 Å². The lowest BCUT2D eigenvalue weighted by Gasteiger charge is -2.44. The van der Waals surface area contributed by atoms with Gasteiger partial charge >= 0.3 is 12.1 Å². The van der Waals surface area contributed by atoms with Gasteiger partial charge in [-0.1, -0.05) is 32.8 Å². The van der Waals surface area contributed by atoms with Crippen molar-refractivity contribution in [2.45, 2.75) is 134 Å². The Balaban J connectivity index is 0.916. The van der Waals surface area contributed by atoms with Gasteiger partial charge in [0.05, 0.1) is 78.0 Å². The number of carbonyl (C=O) groups excluding carboxylic acids is 4. The van der Waals surface area contributed by atoms with Gasteiger partial charge in [-0.25, -0.2) is 10.4 Å². The summed E-state index contributed by atoms with van der Waals surface area (Å²) < 4.78 is 64.9. The van der Waals surface area contributed by atoms with E-state index in [1.165, 1.54) is 20.9 Å². The highest BCUT2D eigenvalue weighted by Gasteiger charge is 2.51. The molecule has 4 aromatic rings. The minimum absolute atomic E-state index is 0.0660. The van der Waals surface area contributed by atoms with Crippen LogP contribution in [0, 0.1) is 16.7 Å². The molecular formula is C58H76F3N11O7S. The van der Waals surface area contributed by atoms with Crippen molar-refractivity contribution in [2.75, 3.05) is 97.3 Å². The summed E-state index contributed by atoms with van der Waals surface area (Å²) in [5, 5.41) is 10.9. The molecular weight excluding hydrogens is 1050 g/mol. The Bertz CT molecular complexity index is 3000. The van der Waals surface area contributed by atoms with Gasteiger partial charge in [-0.2, -0.15) is 13.2 Å². The molecule has 7 aliphatic heterocycles. The standard InChI is InChI=1S/C58H76F3N11O7S/c1-35(77-4)49-41(23-38(26-63-49)68-19-18-67-20-21-78-29-39(67)28-68)51-42-25-56(2,3)34-79-55(76)43-10-7-15-72(66-43)54(75)44(24-48-64-46(30-80-48)37-11-12-47(40(42)22-37)71(51)33-58(59,60)61)65-52(73)50(36-8-5-6-9-36)69-16-13-57(31-69)14-17-70(32-57)53(74)45-27-62-45/h11-12,22-23,26,30,35-36,39,43-45,50,62,66H,5-10,13-21,24-25,27-29,31-34H2,1-4H3,(H,65,73)/t35-,39-,43-,44-,45+,50-,57-/m0/s1. The number of benzene rings is 1. The molecule has 1 aromatic carbocycles. The van der Waals surface area contributed by atoms with E-state index in [1.807, 2.05) is 43.2 Å². The van der Waals surface area contributed by atoms with Crippen molar-refractivity contribution < 1.29 is 46.6 Å². The third-order valence-electron chi connectivity index (χ3n) is 18.5. The van der Waals surface area contributed by atoms with Gasteiger partial charge < -0.3 is 39.2 Å². The number of cyclic esters (lactones) is 1. The van der Waals surface area contributed by atoms with E-state index in [0.717, 1.165) is 70.4 Å². The number of carbonyl (C=O) groups is 4. The monoisotopic (exact) mass is 1130 g/mol. The number of ether oxygens (including phenoxy) is 3. The Morgan fingerprint density at radius 3 is 2.61 bits per heavy atom. The van der Waals surface area contributed by atoms with Crippen LogP contribution < -0.4 is 21.0 Å². The van der Waals surface area contributed by atoms with Crippen LogP contribution in [-0.2, 0) is 52.8 Å². The van der Waals surface area contributed by atoms with Crippen LogP contribution in [0.25, 0.3) is 33.4 Å². The molecule has 1 aliphatic carbocycles. The van der Waals surface area contributed by atoms with E-state index in [9.17, 15) is 14.4 Å². The molecule has 432 valence electrons. The highest BCUT2D eigenvalue weighted by molar-refractivity contribution is 7.10. The molecule has 3 aromatic heterocycles. The highest BCUT2D eigenvalue weighted by atomic mass is 32.1. The number of hydrogen-bond acceptors (Lipinski definition) is 15. The van der Waals surface area contributed by atoms with Gasteiger partial charge in [0, 0.05) is 111 Å². The zero-order valence-electron chi connectivity index (χ0n) is 46.5. The van der Waals surface area contributed by atoms with Gasteiger partial charge in [0.1, 0.15) is 18.6 Å². The lowest BCUT2D eigenvalue weighted by atomic mass is 9.84. The van der Waals surface area contributed by atoms with Crippen LogP contribution in [0.3, 0.4) is 0 Å². The molecule has 0 radical (unpaired) electrons. The second-order valence-electron chi connectivity index (χ2n) is 24.8. The lowest BCUT2D eigenvalue weighted by Crippen LogP contribution is -2.62. The molecule has 1 spiro atoms. The van der Waals surface area contributed by atoms with Crippen molar-refractivity contribution in [1.82, 2.24) is 50.3 Å². The predicted molar refractivity (Wildman–Crippen MR) is 295 cm³/mol. The average Bonchev–Trinajstić information content (AvgIpc) is 3.96. The first-order chi connectivity index (χ1) is 38.4. The maximum absolute atomic E-state index is 15.2. The van der Waals surface area contributed by atoms with Crippen LogP contribution in [0.15, 0.2) is 35.8 Å². The van der Waals surface area contributed by atoms with E-state index in [0.29, 0.717) is 115 Å². The Morgan fingerprint density at radius 1 is 1.01 bits per heavy atom. The van der Waals surface area contributed by atoms with Crippen molar-refractivity contribution in [1.29, 1.82) is 0 Å². The Kier molecular flexibility index (Phi) is 15.3. The van der Waals surface area contributed by atoms with Crippen molar-refractivity contribution in [3.63, 3.8) is 0 Å². The van der Waals surface area contributed by atoms with Crippen LogP contribution in [-0.4, -0.2) is 187 Å². The maximum atomic E-state index is 15.2. The van der Waals surface area contributed by atoms with E-state index in [1.54, 1.807) is 25.4 Å². The van der Waals surface area contributed by atoms with Crippen molar-refractivity contribution in [3.8, 4) is 22.5 Å². The summed E-state index contributed by atoms with van der Waals surface area (Å²) in [5.41, 5.74) is 6.71. The molecule has 22 heteroatoms. The van der Waals surface area contributed by atoms with E-state index < -0.39 is 48.3 Å². The number of alkyl halides is 3. The number of thiazole rings is 1. The summed E-state index contributed by atoms with van der Waals surface area (Å²) in [6, 6.07) is 5.10. The van der Waals surface area contributed by atoms with E-state index in [4.69, 9.17) is 24.2 Å². The Labute approximate surface area is 469 Å². The molecule has 1 saturated carbocycles. The summed E-state index contributed by atoms with van der Waals surface area (Å²) >= 11 is 1.36. The molecule has 80 heavy (non-hydrogen) atoms. The molecule has 10 heterocycles.